The molecule has 1 aromatic heterocycles. The number of hydrogen-bond acceptors (Lipinski definition) is 6. The van der Waals surface area contributed by atoms with Gasteiger partial charge in [-0.05, 0) is 36.8 Å². The molecule has 1 fully saturated rings. The number of fused-ring (bicyclic) bond motifs is 1. The average molecular weight is 371 g/mol. The average Bonchev–Trinajstić information content (AvgIpc) is 3.32. The van der Waals surface area contributed by atoms with Gasteiger partial charge >= 0.3 is 0 Å². The molecule has 1 aromatic carbocycles. The quantitative estimate of drug-likeness (QED) is 0.839. The second-order valence-corrected chi connectivity index (χ2v) is 6.87. The molecule has 0 atom stereocenters. The van der Waals surface area contributed by atoms with Gasteiger partial charge in [0.1, 0.15) is 5.76 Å². The third kappa shape index (κ3) is 4.26. The first kappa shape index (κ1) is 17.9. The summed E-state index contributed by atoms with van der Waals surface area (Å²) in [6, 6.07) is 9.79. The van der Waals surface area contributed by atoms with Crippen molar-refractivity contribution in [1.82, 2.24) is 15.1 Å². The van der Waals surface area contributed by atoms with E-state index in [1.165, 1.54) is 5.56 Å². The number of amides is 1. The number of benzene rings is 1. The Hall–Kier alpha value is -2.51. The zero-order chi connectivity index (χ0) is 18.6. The van der Waals surface area contributed by atoms with Crippen molar-refractivity contribution in [2.24, 2.45) is 0 Å². The van der Waals surface area contributed by atoms with Crippen molar-refractivity contribution in [3.8, 4) is 11.5 Å². The lowest BCUT2D eigenvalue weighted by Crippen LogP contribution is -2.45. The van der Waals surface area contributed by atoms with Crippen molar-refractivity contribution in [3.63, 3.8) is 0 Å². The lowest BCUT2D eigenvalue weighted by atomic mass is 10.1. The van der Waals surface area contributed by atoms with E-state index in [-0.39, 0.29) is 5.91 Å². The Morgan fingerprint density at radius 2 is 1.74 bits per heavy atom. The molecular formula is C20H25N3O4. The van der Waals surface area contributed by atoms with Gasteiger partial charge in [0.05, 0.1) is 6.54 Å². The van der Waals surface area contributed by atoms with Crippen LogP contribution in [-0.2, 0) is 13.1 Å². The molecule has 1 saturated heterocycles. The van der Waals surface area contributed by atoms with Crippen LogP contribution < -0.4 is 14.8 Å². The highest BCUT2D eigenvalue weighted by atomic mass is 16.7. The molecule has 27 heavy (non-hydrogen) atoms. The van der Waals surface area contributed by atoms with Gasteiger partial charge in [0.25, 0.3) is 5.91 Å². The third-order valence-electron chi connectivity index (χ3n) is 4.91. The first-order valence-electron chi connectivity index (χ1n) is 9.41. The largest absolute Gasteiger partial charge is 0.455 e. The van der Waals surface area contributed by atoms with E-state index < -0.39 is 0 Å². The molecular weight excluding hydrogens is 346 g/mol. The predicted molar refractivity (Wildman–Crippen MR) is 99.8 cm³/mol. The molecule has 1 amide bonds. The summed E-state index contributed by atoms with van der Waals surface area (Å²) in [5.41, 5.74) is 1.24. The number of piperazine rings is 1. The minimum absolute atomic E-state index is 0.155. The number of furan rings is 1. The number of carbonyl (C=O) groups is 1. The Morgan fingerprint density at radius 1 is 1.00 bits per heavy atom. The molecule has 0 spiro atoms. The Kier molecular flexibility index (Phi) is 5.31. The molecule has 0 bridgehead atoms. The monoisotopic (exact) mass is 371 g/mol. The van der Waals surface area contributed by atoms with Gasteiger partial charge in [-0.25, -0.2) is 0 Å². The van der Waals surface area contributed by atoms with Crippen LogP contribution in [0.15, 0.2) is 34.7 Å². The second-order valence-electron chi connectivity index (χ2n) is 6.87. The Labute approximate surface area is 158 Å². The number of nitrogens with zero attached hydrogens (tertiary/aromatic N) is 2. The number of ether oxygens (including phenoxy) is 2. The number of nitrogens with one attached hydrogen (secondary N) is 1. The van der Waals surface area contributed by atoms with Crippen LogP contribution in [0.2, 0.25) is 0 Å². The van der Waals surface area contributed by atoms with E-state index in [4.69, 9.17) is 13.9 Å². The summed E-state index contributed by atoms with van der Waals surface area (Å²) in [7, 11) is 0. The lowest BCUT2D eigenvalue weighted by molar-refractivity contribution is 0.0917. The van der Waals surface area contributed by atoms with Gasteiger partial charge < -0.3 is 19.2 Å². The Balaban J connectivity index is 1.26. The highest BCUT2D eigenvalue weighted by Gasteiger charge is 2.20. The lowest BCUT2D eigenvalue weighted by Gasteiger charge is -2.34. The van der Waals surface area contributed by atoms with E-state index in [1.807, 2.05) is 19.1 Å². The fourth-order valence-corrected chi connectivity index (χ4v) is 3.46. The van der Waals surface area contributed by atoms with Crippen LogP contribution in [0.1, 0.15) is 28.8 Å². The summed E-state index contributed by atoms with van der Waals surface area (Å²) in [5, 5.41) is 2.75. The van der Waals surface area contributed by atoms with E-state index in [1.54, 1.807) is 6.07 Å². The molecule has 7 nitrogen and oxygen atoms in total. The van der Waals surface area contributed by atoms with Crippen molar-refractivity contribution in [3.05, 3.63) is 47.4 Å². The van der Waals surface area contributed by atoms with Crippen LogP contribution in [0.25, 0.3) is 0 Å². The summed E-state index contributed by atoms with van der Waals surface area (Å²) in [6.07, 6.45) is 0. The summed E-state index contributed by atoms with van der Waals surface area (Å²) in [5.74, 6) is 2.73. The van der Waals surface area contributed by atoms with E-state index >= 15 is 0 Å². The fourth-order valence-electron chi connectivity index (χ4n) is 3.46. The molecule has 2 aromatic rings. The molecule has 144 valence electrons. The summed E-state index contributed by atoms with van der Waals surface area (Å²) >= 11 is 0. The highest BCUT2D eigenvalue weighted by Crippen LogP contribution is 2.32. The van der Waals surface area contributed by atoms with Gasteiger partial charge in [0.15, 0.2) is 17.3 Å². The maximum absolute atomic E-state index is 11.8. The Bertz CT molecular complexity index is 796. The van der Waals surface area contributed by atoms with Crippen LogP contribution in [0, 0.1) is 0 Å². The minimum Gasteiger partial charge on any atom is -0.455 e. The van der Waals surface area contributed by atoms with Crippen LogP contribution in [0.3, 0.4) is 0 Å². The third-order valence-corrected chi connectivity index (χ3v) is 4.91. The van der Waals surface area contributed by atoms with Gasteiger partial charge in [-0.3, -0.25) is 14.6 Å². The van der Waals surface area contributed by atoms with Gasteiger partial charge in [0, 0.05) is 39.3 Å². The van der Waals surface area contributed by atoms with E-state index in [2.05, 4.69) is 27.2 Å². The molecule has 2 aliphatic heterocycles. The number of hydrogen-bond donors (Lipinski definition) is 1. The predicted octanol–water partition coefficient (Wildman–Crippen LogP) is 2.08. The molecule has 0 saturated carbocycles. The molecule has 0 unspecified atom stereocenters. The van der Waals surface area contributed by atoms with Crippen LogP contribution in [0.4, 0.5) is 0 Å². The maximum atomic E-state index is 11.8. The van der Waals surface area contributed by atoms with Gasteiger partial charge in [-0.1, -0.05) is 6.07 Å². The normalized spacial score (nSPS) is 17.2. The molecule has 1 N–H and O–H groups in total. The van der Waals surface area contributed by atoms with Crippen molar-refractivity contribution < 1.29 is 18.7 Å². The molecule has 4 rings (SSSR count). The topological polar surface area (TPSA) is 67.2 Å². The smallest absolute Gasteiger partial charge is 0.286 e. The molecule has 0 radical (unpaired) electrons. The van der Waals surface area contributed by atoms with Gasteiger partial charge in [-0.2, -0.15) is 0 Å². The van der Waals surface area contributed by atoms with E-state index in [0.717, 1.165) is 56.5 Å². The van der Waals surface area contributed by atoms with Crippen LogP contribution >= 0.6 is 0 Å². The standard InChI is InChI=1S/C20H25N3O4/c1-2-21-20(24)18-6-4-16(27-18)13-23-9-7-22(8-10-23)12-15-3-5-17-19(11-15)26-14-25-17/h3-6,11H,2,7-10,12-14H2,1H3,(H,21,24). The number of rotatable bonds is 6. The fraction of sp³-hybridized carbons (Fsp3) is 0.450. The molecule has 3 heterocycles. The molecule has 7 heteroatoms. The van der Waals surface area contributed by atoms with Crippen LogP contribution in [-0.4, -0.2) is 55.2 Å². The van der Waals surface area contributed by atoms with Crippen molar-refractivity contribution in [2.75, 3.05) is 39.5 Å². The van der Waals surface area contributed by atoms with E-state index in [9.17, 15) is 4.79 Å². The van der Waals surface area contributed by atoms with Crippen LogP contribution in [0.5, 0.6) is 11.5 Å². The first-order chi connectivity index (χ1) is 13.2. The molecule has 0 aliphatic carbocycles. The summed E-state index contributed by atoms with van der Waals surface area (Å²) in [6.45, 7) is 8.39. The van der Waals surface area contributed by atoms with Gasteiger partial charge in [0.2, 0.25) is 6.79 Å². The summed E-state index contributed by atoms with van der Waals surface area (Å²) < 4.78 is 16.5. The van der Waals surface area contributed by atoms with Crippen molar-refractivity contribution >= 4 is 5.91 Å². The molecule has 2 aliphatic rings. The van der Waals surface area contributed by atoms with Crippen molar-refractivity contribution in [1.29, 1.82) is 0 Å². The Morgan fingerprint density at radius 3 is 2.52 bits per heavy atom. The zero-order valence-corrected chi connectivity index (χ0v) is 15.6. The minimum atomic E-state index is -0.155. The zero-order valence-electron chi connectivity index (χ0n) is 15.6. The van der Waals surface area contributed by atoms with E-state index in [0.29, 0.717) is 19.1 Å². The summed E-state index contributed by atoms with van der Waals surface area (Å²) in [4.78, 5) is 16.6. The second kappa shape index (κ2) is 8.02. The maximum Gasteiger partial charge on any atom is 0.286 e. The van der Waals surface area contributed by atoms with Crippen molar-refractivity contribution in [2.45, 2.75) is 20.0 Å². The SMILES string of the molecule is CCNC(=O)c1ccc(CN2CCN(Cc3ccc4c(c3)OCO4)CC2)o1. The van der Waals surface area contributed by atoms with Gasteiger partial charge in [-0.15, -0.1) is 0 Å². The number of carbonyl (C=O) groups excluding carboxylic acids is 1. The highest BCUT2D eigenvalue weighted by molar-refractivity contribution is 5.91. The first-order valence-corrected chi connectivity index (χ1v) is 9.41.